The van der Waals surface area contributed by atoms with Crippen LogP contribution in [0.4, 0.5) is 4.39 Å². The summed E-state index contributed by atoms with van der Waals surface area (Å²) in [6, 6.07) is 10.5. The first kappa shape index (κ1) is 14.5. The number of nitrogens with two attached hydrogens (primary N) is 1. The molecule has 0 amide bonds. The van der Waals surface area contributed by atoms with Crippen LogP contribution in [0.2, 0.25) is 0 Å². The molecular formula is C17H20FNO. The normalized spacial score (nSPS) is 13.9. The lowest BCUT2D eigenvalue weighted by Gasteiger charge is -2.28. The van der Waals surface area contributed by atoms with Crippen LogP contribution in [-0.4, -0.2) is 7.11 Å². The average molecular weight is 273 g/mol. The quantitative estimate of drug-likeness (QED) is 0.926. The monoisotopic (exact) mass is 273 g/mol. The summed E-state index contributed by atoms with van der Waals surface area (Å²) in [7, 11) is 1.56. The van der Waals surface area contributed by atoms with Crippen molar-refractivity contribution >= 4 is 0 Å². The molecule has 2 N–H and O–H groups in total. The van der Waals surface area contributed by atoms with E-state index in [9.17, 15) is 4.39 Å². The van der Waals surface area contributed by atoms with Crippen molar-refractivity contribution in [3.63, 3.8) is 0 Å². The molecule has 2 aromatic carbocycles. The summed E-state index contributed by atoms with van der Waals surface area (Å²) in [5.74, 6) is 0.274. The van der Waals surface area contributed by atoms with Crippen LogP contribution in [0.15, 0.2) is 36.4 Å². The van der Waals surface area contributed by atoms with Gasteiger partial charge in [-0.25, -0.2) is 4.39 Å². The standard InChI is InChI=1S/C17H20FNO/c1-11-5-6-13(9-12(11)2)17(3,19)15-10-14(18)7-8-16(15)20-4/h5-10H,19H2,1-4H3. The van der Waals surface area contributed by atoms with Crippen LogP contribution in [0.3, 0.4) is 0 Å². The lowest BCUT2D eigenvalue weighted by Crippen LogP contribution is -2.35. The minimum atomic E-state index is -0.814. The Bertz CT molecular complexity index is 635. The molecule has 1 atom stereocenters. The molecule has 0 fully saturated rings. The number of ether oxygens (including phenoxy) is 1. The van der Waals surface area contributed by atoms with Crippen LogP contribution in [-0.2, 0) is 5.54 Å². The highest BCUT2D eigenvalue weighted by Gasteiger charge is 2.28. The minimum absolute atomic E-state index is 0.318. The smallest absolute Gasteiger partial charge is 0.124 e. The fourth-order valence-electron chi connectivity index (χ4n) is 2.31. The fourth-order valence-corrected chi connectivity index (χ4v) is 2.31. The molecule has 0 radical (unpaired) electrons. The molecular weight excluding hydrogens is 253 g/mol. The number of halogens is 1. The summed E-state index contributed by atoms with van der Waals surface area (Å²) in [6.45, 7) is 5.96. The van der Waals surface area contributed by atoms with E-state index < -0.39 is 5.54 Å². The first-order valence-electron chi connectivity index (χ1n) is 6.57. The van der Waals surface area contributed by atoms with Crippen LogP contribution in [0, 0.1) is 19.7 Å². The van der Waals surface area contributed by atoms with Gasteiger partial charge in [-0.2, -0.15) is 0 Å². The molecule has 1 unspecified atom stereocenters. The third-order valence-corrected chi connectivity index (χ3v) is 3.83. The first-order chi connectivity index (χ1) is 9.36. The predicted octanol–water partition coefficient (Wildman–Crippen LogP) is 3.67. The molecule has 0 aliphatic rings. The molecule has 0 aromatic heterocycles. The van der Waals surface area contributed by atoms with Crippen molar-refractivity contribution in [3.8, 4) is 5.75 Å². The van der Waals surface area contributed by atoms with E-state index in [4.69, 9.17) is 10.5 Å². The fraction of sp³-hybridized carbons (Fsp3) is 0.294. The highest BCUT2D eigenvalue weighted by Crippen LogP contribution is 2.34. The maximum absolute atomic E-state index is 13.6. The molecule has 0 heterocycles. The van der Waals surface area contributed by atoms with Gasteiger partial charge in [0.2, 0.25) is 0 Å². The number of hydrogen-bond donors (Lipinski definition) is 1. The second-order valence-corrected chi connectivity index (χ2v) is 5.35. The van der Waals surface area contributed by atoms with E-state index >= 15 is 0 Å². The number of benzene rings is 2. The topological polar surface area (TPSA) is 35.2 Å². The molecule has 0 spiro atoms. The van der Waals surface area contributed by atoms with Gasteiger partial charge in [-0.3, -0.25) is 0 Å². The van der Waals surface area contributed by atoms with Gasteiger partial charge in [0, 0.05) is 5.56 Å². The van der Waals surface area contributed by atoms with E-state index in [2.05, 4.69) is 6.92 Å². The lowest BCUT2D eigenvalue weighted by molar-refractivity contribution is 0.397. The summed E-state index contributed by atoms with van der Waals surface area (Å²) < 4.78 is 18.9. The second-order valence-electron chi connectivity index (χ2n) is 5.35. The van der Waals surface area contributed by atoms with Crippen molar-refractivity contribution in [3.05, 3.63) is 64.5 Å². The Balaban J connectivity index is 2.59. The number of aryl methyl sites for hydroxylation is 2. The van der Waals surface area contributed by atoms with Gasteiger partial charge in [0.15, 0.2) is 0 Å². The van der Waals surface area contributed by atoms with E-state index in [1.165, 1.54) is 17.7 Å². The predicted molar refractivity (Wildman–Crippen MR) is 79.5 cm³/mol. The third kappa shape index (κ3) is 2.54. The van der Waals surface area contributed by atoms with E-state index in [1.807, 2.05) is 32.0 Å². The van der Waals surface area contributed by atoms with Crippen molar-refractivity contribution in [2.75, 3.05) is 7.11 Å². The van der Waals surface area contributed by atoms with E-state index in [1.54, 1.807) is 13.2 Å². The van der Waals surface area contributed by atoms with Crippen molar-refractivity contribution in [2.45, 2.75) is 26.3 Å². The summed E-state index contributed by atoms with van der Waals surface area (Å²) in [5, 5.41) is 0. The Hall–Kier alpha value is -1.87. The zero-order valence-corrected chi connectivity index (χ0v) is 12.3. The molecule has 0 saturated carbocycles. The summed E-state index contributed by atoms with van der Waals surface area (Å²) in [5.41, 5.74) is 9.61. The second kappa shape index (κ2) is 5.25. The molecule has 0 aliphatic carbocycles. The third-order valence-electron chi connectivity index (χ3n) is 3.83. The Morgan fingerprint density at radius 2 is 1.75 bits per heavy atom. The zero-order chi connectivity index (χ0) is 14.9. The highest BCUT2D eigenvalue weighted by molar-refractivity contribution is 5.47. The van der Waals surface area contributed by atoms with Gasteiger partial charge in [-0.05, 0) is 55.7 Å². The van der Waals surface area contributed by atoms with E-state index in [0.29, 0.717) is 11.3 Å². The Morgan fingerprint density at radius 3 is 2.35 bits per heavy atom. The van der Waals surface area contributed by atoms with E-state index in [0.717, 1.165) is 11.1 Å². The Kier molecular flexibility index (Phi) is 3.82. The van der Waals surface area contributed by atoms with E-state index in [-0.39, 0.29) is 5.82 Å². The van der Waals surface area contributed by atoms with Crippen LogP contribution < -0.4 is 10.5 Å². The lowest BCUT2D eigenvalue weighted by atomic mass is 9.84. The summed E-state index contributed by atoms with van der Waals surface area (Å²) >= 11 is 0. The number of hydrogen-bond acceptors (Lipinski definition) is 2. The van der Waals surface area contributed by atoms with Crippen LogP contribution in [0.5, 0.6) is 5.75 Å². The van der Waals surface area contributed by atoms with Crippen molar-refractivity contribution < 1.29 is 9.13 Å². The summed E-state index contributed by atoms with van der Waals surface area (Å²) in [4.78, 5) is 0. The molecule has 3 heteroatoms. The molecule has 0 saturated heterocycles. The molecule has 2 rings (SSSR count). The first-order valence-corrected chi connectivity index (χ1v) is 6.57. The minimum Gasteiger partial charge on any atom is -0.496 e. The molecule has 0 aliphatic heterocycles. The van der Waals surface area contributed by atoms with Crippen LogP contribution in [0.1, 0.15) is 29.2 Å². The maximum atomic E-state index is 13.6. The average Bonchev–Trinajstić information content (AvgIpc) is 2.41. The van der Waals surface area contributed by atoms with Gasteiger partial charge in [0.05, 0.1) is 12.6 Å². The Labute approximate surface area is 119 Å². The Morgan fingerprint density at radius 1 is 1.05 bits per heavy atom. The zero-order valence-electron chi connectivity index (χ0n) is 12.3. The number of methoxy groups -OCH3 is 1. The van der Waals surface area contributed by atoms with Gasteiger partial charge in [-0.1, -0.05) is 18.2 Å². The molecule has 106 valence electrons. The van der Waals surface area contributed by atoms with Gasteiger partial charge in [0.1, 0.15) is 11.6 Å². The SMILES string of the molecule is COc1ccc(F)cc1C(C)(N)c1ccc(C)c(C)c1. The molecule has 20 heavy (non-hydrogen) atoms. The number of rotatable bonds is 3. The molecule has 2 aromatic rings. The van der Waals surface area contributed by atoms with Crippen molar-refractivity contribution in [1.29, 1.82) is 0 Å². The highest BCUT2D eigenvalue weighted by atomic mass is 19.1. The van der Waals surface area contributed by atoms with Crippen LogP contribution in [0.25, 0.3) is 0 Å². The van der Waals surface area contributed by atoms with Gasteiger partial charge < -0.3 is 10.5 Å². The van der Waals surface area contributed by atoms with Gasteiger partial charge in [0.25, 0.3) is 0 Å². The largest absolute Gasteiger partial charge is 0.496 e. The van der Waals surface area contributed by atoms with Crippen LogP contribution >= 0.6 is 0 Å². The van der Waals surface area contributed by atoms with Gasteiger partial charge >= 0.3 is 0 Å². The molecule has 2 nitrogen and oxygen atoms in total. The maximum Gasteiger partial charge on any atom is 0.124 e. The summed E-state index contributed by atoms with van der Waals surface area (Å²) in [6.07, 6.45) is 0. The van der Waals surface area contributed by atoms with Crippen molar-refractivity contribution in [1.82, 2.24) is 0 Å². The molecule has 0 bridgehead atoms. The van der Waals surface area contributed by atoms with Crippen molar-refractivity contribution in [2.24, 2.45) is 5.73 Å². The van der Waals surface area contributed by atoms with Gasteiger partial charge in [-0.15, -0.1) is 0 Å².